The van der Waals surface area contributed by atoms with Gasteiger partial charge in [0.15, 0.2) is 0 Å². The molecule has 7 heteroatoms. The second-order valence-electron chi connectivity index (χ2n) is 8.46. The zero-order chi connectivity index (χ0) is 23.2. The number of carbonyl (C=O) groups is 2. The van der Waals surface area contributed by atoms with E-state index in [1.165, 1.54) is 11.3 Å². The zero-order valence-electron chi connectivity index (χ0n) is 18.9. The number of anilines is 1. The highest BCUT2D eigenvalue weighted by Crippen LogP contribution is 2.34. The lowest BCUT2D eigenvalue weighted by Crippen LogP contribution is -2.38. The average molecular weight is 467 g/mol. The van der Waals surface area contributed by atoms with Crippen LogP contribution in [-0.2, 0) is 11.2 Å². The van der Waals surface area contributed by atoms with Gasteiger partial charge in [-0.1, -0.05) is 31.5 Å². The van der Waals surface area contributed by atoms with E-state index in [1.54, 1.807) is 0 Å². The molecular formula is C26H30N2O4S. The van der Waals surface area contributed by atoms with Crippen LogP contribution in [0.4, 0.5) is 5.69 Å². The molecular weight excluding hydrogens is 436 g/mol. The Bertz CT molecular complexity index is 1110. The molecule has 1 unspecified atom stereocenters. The van der Waals surface area contributed by atoms with Crippen molar-refractivity contribution in [2.45, 2.75) is 45.1 Å². The van der Waals surface area contributed by atoms with E-state index in [4.69, 9.17) is 4.74 Å². The molecule has 1 fully saturated rings. The monoisotopic (exact) mass is 466 g/mol. The van der Waals surface area contributed by atoms with Crippen molar-refractivity contribution < 1.29 is 19.4 Å². The first-order chi connectivity index (χ1) is 16.0. The Morgan fingerprint density at radius 1 is 1.18 bits per heavy atom. The molecule has 1 aliphatic heterocycles. The highest BCUT2D eigenvalue weighted by molar-refractivity contribution is 7.21. The van der Waals surface area contributed by atoms with Crippen LogP contribution < -0.4 is 10.1 Å². The van der Waals surface area contributed by atoms with Crippen molar-refractivity contribution in [2.24, 2.45) is 0 Å². The molecule has 1 aliphatic rings. The Kier molecular flexibility index (Phi) is 7.62. The standard InChI is InChI=1S/C26H30N2O4S/c1-2-3-15-32-20-12-10-18(11-13-20)27-24(29)17-28-14-6-7-19(28)16-22-21-8-4-5-9-23(21)33-25(22)26(30)31/h4-5,8-13,19H,2-3,6-7,14-17H2,1H3,(H,27,29)(H,30,31). The number of nitrogens with one attached hydrogen (secondary N) is 1. The number of likely N-dealkylation sites (tertiary alicyclic amines) is 1. The highest BCUT2D eigenvalue weighted by atomic mass is 32.1. The molecule has 2 aromatic carbocycles. The minimum absolute atomic E-state index is 0.0600. The van der Waals surface area contributed by atoms with Crippen LogP contribution in [0.25, 0.3) is 10.1 Å². The molecule has 6 nitrogen and oxygen atoms in total. The van der Waals surface area contributed by atoms with E-state index in [-0.39, 0.29) is 11.9 Å². The number of hydrogen-bond acceptors (Lipinski definition) is 5. The van der Waals surface area contributed by atoms with Crippen LogP contribution in [0, 0.1) is 0 Å². The topological polar surface area (TPSA) is 78.9 Å². The van der Waals surface area contributed by atoms with Crippen molar-refractivity contribution in [1.82, 2.24) is 4.90 Å². The fraction of sp³-hybridized carbons (Fsp3) is 0.385. The van der Waals surface area contributed by atoms with Crippen LogP contribution in [0.1, 0.15) is 47.8 Å². The minimum atomic E-state index is -0.879. The molecule has 2 N–H and O–H groups in total. The molecule has 1 saturated heterocycles. The molecule has 2 heterocycles. The van der Waals surface area contributed by atoms with Gasteiger partial charge >= 0.3 is 5.97 Å². The van der Waals surface area contributed by atoms with E-state index in [9.17, 15) is 14.7 Å². The number of benzene rings is 2. The first kappa shape index (κ1) is 23.3. The number of rotatable bonds is 10. The Morgan fingerprint density at radius 3 is 2.73 bits per heavy atom. The summed E-state index contributed by atoms with van der Waals surface area (Å²) >= 11 is 1.33. The van der Waals surface area contributed by atoms with Gasteiger partial charge in [-0.25, -0.2) is 4.79 Å². The molecule has 1 aromatic heterocycles. The Balaban J connectivity index is 1.38. The number of hydrogen-bond donors (Lipinski definition) is 2. The first-order valence-corrected chi connectivity index (χ1v) is 12.4. The maximum atomic E-state index is 12.7. The minimum Gasteiger partial charge on any atom is -0.494 e. The van der Waals surface area contributed by atoms with Gasteiger partial charge in [-0.2, -0.15) is 0 Å². The number of unbranched alkanes of at least 4 members (excludes halogenated alkanes) is 1. The highest BCUT2D eigenvalue weighted by Gasteiger charge is 2.29. The van der Waals surface area contributed by atoms with Gasteiger partial charge in [-0.3, -0.25) is 9.69 Å². The Labute approximate surface area is 198 Å². The van der Waals surface area contributed by atoms with Crippen molar-refractivity contribution in [2.75, 3.05) is 25.0 Å². The molecule has 0 radical (unpaired) electrons. The van der Waals surface area contributed by atoms with Crippen LogP contribution in [0.15, 0.2) is 48.5 Å². The molecule has 3 aromatic rings. The van der Waals surface area contributed by atoms with E-state index < -0.39 is 5.97 Å². The van der Waals surface area contributed by atoms with Crippen LogP contribution >= 0.6 is 11.3 Å². The Morgan fingerprint density at radius 2 is 1.97 bits per heavy atom. The molecule has 0 bridgehead atoms. The van der Waals surface area contributed by atoms with E-state index in [0.717, 1.165) is 59.3 Å². The summed E-state index contributed by atoms with van der Waals surface area (Å²) in [4.78, 5) is 27.2. The van der Waals surface area contributed by atoms with E-state index in [0.29, 0.717) is 24.4 Å². The van der Waals surface area contributed by atoms with Gasteiger partial charge < -0.3 is 15.2 Å². The third-order valence-corrected chi connectivity index (χ3v) is 7.28. The van der Waals surface area contributed by atoms with Crippen molar-refractivity contribution in [1.29, 1.82) is 0 Å². The summed E-state index contributed by atoms with van der Waals surface area (Å²) in [6, 6.07) is 15.5. The predicted octanol–water partition coefficient (Wildman–Crippen LogP) is 5.42. The van der Waals surface area contributed by atoms with Crippen molar-refractivity contribution in [3.63, 3.8) is 0 Å². The van der Waals surface area contributed by atoms with Gasteiger partial charge in [0.25, 0.3) is 0 Å². The smallest absolute Gasteiger partial charge is 0.346 e. The summed E-state index contributed by atoms with van der Waals surface area (Å²) in [6.07, 6.45) is 4.71. The quantitative estimate of drug-likeness (QED) is 0.390. The summed E-state index contributed by atoms with van der Waals surface area (Å²) in [5.74, 6) is -0.135. The maximum Gasteiger partial charge on any atom is 0.346 e. The summed E-state index contributed by atoms with van der Waals surface area (Å²) < 4.78 is 6.67. The molecule has 1 atom stereocenters. The number of amides is 1. The van der Waals surface area contributed by atoms with Crippen LogP contribution in [-0.4, -0.2) is 47.6 Å². The number of ether oxygens (including phenoxy) is 1. The fourth-order valence-electron chi connectivity index (χ4n) is 4.40. The second kappa shape index (κ2) is 10.8. The SMILES string of the molecule is CCCCOc1ccc(NC(=O)CN2CCCC2Cc2c(C(=O)O)sc3ccccc23)cc1. The van der Waals surface area contributed by atoms with Gasteiger partial charge in [0, 0.05) is 16.4 Å². The summed E-state index contributed by atoms with van der Waals surface area (Å²) in [6.45, 7) is 3.96. The molecule has 33 heavy (non-hydrogen) atoms. The molecule has 0 saturated carbocycles. The van der Waals surface area contributed by atoms with Crippen LogP contribution in [0.3, 0.4) is 0 Å². The number of carboxylic acids is 1. The van der Waals surface area contributed by atoms with Crippen molar-refractivity contribution >= 4 is 39.0 Å². The van der Waals surface area contributed by atoms with Crippen LogP contribution in [0.5, 0.6) is 5.75 Å². The molecule has 0 spiro atoms. The number of aromatic carboxylic acids is 1. The number of fused-ring (bicyclic) bond motifs is 1. The van der Waals surface area contributed by atoms with Crippen molar-refractivity contribution in [3.8, 4) is 5.75 Å². The number of nitrogens with zero attached hydrogens (tertiary/aromatic N) is 1. The summed E-state index contributed by atoms with van der Waals surface area (Å²) in [7, 11) is 0. The summed E-state index contributed by atoms with van der Waals surface area (Å²) in [5.41, 5.74) is 1.63. The van der Waals surface area contributed by atoms with Gasteiger partial charge in [0.1, 0.15) is 10.6 Å². The maximum absolute atomic E-state index is 12.7. The number of carbonyl (C=O) groups excluding carboxylic acids is 1. The lowest BCUT2D eigenvalue weighted by Gasteiger charge is -2.24. The predicted molar refractivity (Wildman–Crippen MR) is 133 cm³/mol. The average Bonchev–Trinajstić information content (AvgIpc) is 3.40. The summed E-state index contributed by atoms with van der Waals surface area (Å²) in [5, 5.41) is 13.7. The van der Waals surface area contributed by atoms with E-state index in [1.807, 2.05) is 48.5 Å². The zero-order valence-corrected chi connectivity index (χ0v) is 19.7. The third-order valence-electron chi connectivity index (χ3n) is 6.08. The largest absolute Gasteiger partial charge is 0.494 e. The van der Waals surface area contributed by atoms with Gasteiger partial charge in [-0.05, 0) is 73.5 Å². The lowest BCUT2D eigenvalue weighted by molar-refractivity contribution is -0.117. The Hall–Kier alpha value is -2.90. The normalized spacial score (nSPS) is 16.2. The van der Waals surface area contributed by atoms with Crippen molar-refractivity contribution in [3.05, 3.63) is 59.0 Å². The second-order valence-corrected chi connectivity index (χ2v) is 9.51. The molecule has 0 aliphatic carbocycles. The molecule has 1 amide bonds. The molecule has 4 rings (SSSR count). The lowest BCUT2D eigenvalue weighted by atomic mass is 10.0. The van der Waals surface area contributed by atoms with E-state index in [2.05, 4.69) is 17.1 Å². The van der Waals surface area contributed by atoms with Gasteiger partial charge in [-0.15, -0.1) is 11.3 Å². The number of carboxylic acid groups (broad SMARTS) is 1. The van der Waals surface area contributed by atoms with E-state index >= 15 is 0 Å². The number of thiophene rings is 1. The van der Waals surface area contributed by atoms with Gasteiger partial charge in [0.05, 0.1) is 13.2 Å². The fourth-order valence-corrected chi connectivity index (χ4v) is 5.47. The third kappa shape index (κ3) is 5.72. The van der Waals surface area contributed by atoms with Crippen LogP contribution in [0.2, 0.25) is 0 Å². The molecule has 174 valence electrons. The van der Waals surface area contributed by atoms with Gasteiger partial charge in [0.2, 0.25) is 5.91 Å². The first-order valence-electron chi connectivity index (χ1n) is 11.6.